The van der Waals surface area contributed by atoms with Gasteiger partial charge in [-0.25, -0.2) is 18.4 Å². The van der Waals surface area contributed by atoms with E-state index in [-0.39, 0.29) is 17.4 Å². The Hall–Kier alpha value is -3.18. The van der Waals surface area contributed by atoms with E-state index >= 15 is 0 Å². The lowest BCUT2D eigenvalue weighted by Gasteiger charge is -2.36. The summed E-state index contributed by atoms with van der Waals surface area (Å²) in [6.45, 7) is 10.5. The largest absolute Gasteiger partial charge is 0.486 e. The fraction of sp³-hybridized carbons (Fsp3) is 0.536. The molecular formula is C28H36N6O4S. The van der Waals surface area contributed by atoms with E-state index in [0.29, 0.717) is 37.5 Å². The Bertz CT molecular complexity index is 1370. The van der Waals surface area contributed by atoms with Gasteiger partial charge in [-0.15, -0.1) is 0 Å². The molecule has 1 aromatic heterocycles. The number of aromatic nitrogens is 2. The topological polar surface area (TPSA) is 108 Å². The normalized spacial score (nSPS) is 23.3. The van der Waals surface area contributed by atoms with Crippen molar-refractivity contribution < 1.29 is 17.9 Å². The minimum absolute atomic E-state index is 0.0328. The number of amides is 1. The van der Waals surface area contributed by atoms with Crippen molar-refractivity contribution in [2.24, 2.45) is 0 Å². The second-order valence-corrected chi connectivity index (χ2v) is 13.3. The van der Waals surface area contributed by atoms with E-state index in [0.717, 1.165) is 73.8 Å². The average Bonchev–Trinajstić information content (AvgIpc) is 3.35. The molecule has 0 bridgehead atoms. The number of carbonyl (C=O) groups is 1. The van der Waals surface area contributed by atoms with Crippen molar-refractivity contribution in [2.45, 2.75) is 44.8 Å². The number of carbonyl (C=O) groups excluding carboxylic acids is 1. The highest BCUT2D eigenvalue weighted by molar-refractivity contribution is 7.91. The number of sulfone groups is 1. The number of rotatable bonds is 4. The first kappa shape index (κ1) is 26.1. The van der Waals surface area contributed by atoms with Gasteiger partial charge in [0.15, 0.2) is 9.84 Å². The molecule has 0 aliphatic carbocycles. The number of hydrogen-bond acceptors (Lipinski definition) is 9. The maximum absolute atomic E-state index is 12.0. The Labute approximate surface area is 230 Å². The molecule has 3 saturated heterocycles. The maximum Gasteiger partial charge on any atom is 0.246 e. The zero-order chi connectivity index (χ0) is 27.1. The van der Waals surface area contributed by atoms with Crippen molar-refractivity contribution in [3.63, 3.8) is 0 Å². The van der Waals surface area contributed by atoms with Gasteiger partial charge < -0.3 is 19.9 Å². The monoisotopic (exact) mass is 552 g/mol. The van der Waals surface area contributed by atoms with Crippen molar-refractivity contribution in [3.05, 3.63) is 47.8 Å². The fourth-order valence-electron chi connectivity index (χ4n) is 6.40. The summed E-state index contributed by atoms with van der Waals surface area (Å²) in [5.41, 5.74) is 4.14. The lowest BCUT2D eigenvalue weighted by Crippen LogP contribution is -2.43. The number of piperidine rings is 1. The van der Waals surface area contributed by atoms with Crippen LogP contribution in [0.2, 0.25) is 0 Å². The second-order valence-electron chi connectivity index (χ2n) is 11.0. The Morgan fingerprint density at radius 1 is 1.10 bits per heavy atom. The number of likely N-dealkylation sites (tertiary alicyclic amines) is 2. The molecule has 208 valence electrons. The molecule has 4 aliphatic heterocycles. The van der Waals surface area contributed by atoms with Crippen LogP contribution in [-0.4, -0.2) is 90.9 Å². The van der Waals surface area contributed by atoms with Gasteiger partial charge in [-0.05, 0) is 68.5 Å². The number of anilines is 3. The number of nitrogens with zero attached hydrogens (tertiary/aromatic N) is 5. The van der Waals surface area contributed by atoms with E-state index in [1.807, 2.05) is 9.80 Å². The van der Waals surface area contributed by atoms with Gasteiger partial charge in [-0.2, -0.15) is 0 Å². The third-order valence-electron chi connectivity index (χ3n) is 8.64. The molecule has 6 rings (SSSR count). The van der Waals surface area contributed by atoms with E-state index in [4.69, 9.17) is 4.74 Å². The summed E-state index contributed by atoms with van der Waals surface area (Å²) in [4.78, 5) is 27.5. The van der Waals surface area contributed by atoms with Gasteiger partial charge in [-0.3, -0.25) is 9.69 Å². The molecule has 4 aliphatic rings. The Kier molecular flexibility index (Phi) is 6.96. The quantitative estimate of drug-likeness (QED) is 0.573. The smallest absolute Gasteiger partial charge is 0.246 e. The number of hydrogen-bond donors (Lipinski definition) is 1. The summed E-state index contributed by atoms with van der Waals surface area (Å²) in [5, 5.41) is 3.52. The molecule has 0 unspecified atom stereocenters. The molecule has 1 atom stereocenters. The van der Waals surface area contributed by atoms with Gasteiger partial charge in [0.25, 0.3) is 0 Å². The lowest BCUT2D eigenvalue weighted by atomic mass is 9.87. The molecule has 10 nitrogen and oxygen atoms in total. The van der Waals surface area contributed by atoms with Gasteiger partial charge >= 0.3 is 0 Å². The van der Waals surface area contributed by atoms with Crippen LogP contribution in [0.3, 0.4) is 0 Å². The van der Waals surface area contributed by atoms with Gasteiger partial charge in [0.1, 0.15) is 30.3 Å². The molecule has 1 N–H and O–H groups in total. The third kappa shape index (κ3) is 5.21. The van der Waals surface area contributed by atoms with Crippen LogP contribution in [0.15, 0.2) is 31.1 Å². The Balaban J connectivity index is 1.16. The number of benzene rings is 1. The molecule has 2 aromatic rings. The Morgan fingerprint density at radius 2 is 1.87 bits per heavy atom. The first-order chi connectivity index (χ1) is 18.8. The van der Waals surface area contributed by atoms with Crippen LogP contribution in [0.5, 0.6) is 5.75 Å². The van der Waals surface area contributed by atoms with Crippen LogP contribution in [0.25, 0.3) is 0 Å². The molecule has 5 heterocycles. The van der Waals surface area contributed by atoms with Crippen molar-refractivity contribution in [1.82, 2.24) is 19.8 Å². The molecule has 1 aromatic carbocycles. The van der Waals surface area contributed by atoms with Crippen LogP contribution in [0, 0.1) is 6.92 Å². The first-order valence-corrected chi connectivity index (χ1v) is 15.6. The van der Waals surface area contributed by atoms with Crippen molar-refractivity contribution in [2.75, 3.05) is 61.0 Å². The molecule has 11 heteroatoms. The van der Waals surface area contributed by atoms with Crippen molar-refractivity contribution in [1.29, 1.82) is 0 Å². The van der Waals surface area contributed by atoms with Gasteiger partial charge in [0.05, 0.1) is 22.8 Å². The second kappa shape index (κ2) is 10.4. The summed E-state index contributed by atoms with van der Waals surface area (Å²) in [7, 11) is -2.99. The highest BCUT2D eigenvalue weighted by atomic mass is 32.2. The van der Waals surface area contributed by atoms with Crippen LogP contribution in [0.4, 0.5) is 17.3 Å². The maximum atomic E-state index is 12.0. The van der Waals surface area contributed by atoms with Gasteiger partial charge in [-0.1, -0.05) is 12.6 Å². The molecular weight excluding hydrogens is 516 g/mol. The SMILES string of the molecule is C=CC(=O)N1CC[C@H](N2CCC(c3cc(C)c4c(c3)Nc3ncnc(N5CCS(=O)(=O)CC5)c3CO4)CC2)C1. The number of aryl methyl sites for hydroxylation is 1. The van der Waals surface area contributed by atoms with Crippen molar-refractivity contribution >= 4 is 33.1 Å². The fourth-order valence-corrected chi connectivity index (χ4v) is 7.60. The number of nitrogens with one attached hydrogen (secondary N) is 1. The van der Waals surface area contributed by atoms with E-state index < -0.39 is 9.84 Å². The molecule has 39 heavy (non-hydrogen) atoms. The standard InChI is InChI=1S/C28H36N6O4S/c1-3-25(35)34-9-6-22(16-34)32-7-4-20(5-8-32)21-14-19(2)26-24(15-21)31-27-23(17-38-26)28(30-18-29-27)33-10-12-39(36,37)13-11-33/h3,14-15,18,20,22H,1,4-13,16-17H2,2H3,(H,29,30,31)/t22-/m0/s1. The summed E-state index contributed by atoms with van der Waals surface area (Å²) in [6, 6.07) is 4.88. The lowest BCUT2D eigenvalue weighted by molar-refractivity contribution is -0.125. The number of ether oxygens (including phenoxy) is 1. The van der Waals surface area contributed by atoms with E-state index in [9.17, 15) is 13.2 Å². The highest BCUT2D eigenvalue weighted by Gasteiger charge is 2.33. The minimum Gasteiger partial charge on any atom is -0.486 e. The zero-order valence-electron chi connectivity index (χ0n) is 22.4. The minimum atomic E-state index is -2.99. The van der Waals surface area contributed by atoms with E-state index in [1.165, 1.54) is 18.0 Å². The summed E-state index contributed by atoms with van der Waals surface area (Å²) >= 11 is 0. The molecule has 0 radical (unpaired) electrons. The van der Waals surface area contributed by atoms with E-state index in [2.05, 4.69) is 45.8 Å². The average molecular weight is 553 g/mol. The van der Waals surface area contributed by atoms with E-state index in [1.54, 1.807) is 0 Å². The molecule has 3 fully saturated rings. The predicted octanol–water partition coefficient (Wildman–Crippen LogP) is 2.62. The highest BCUT2D eigenvalue weighted by Crippen LogP contribution is 2.41. The van der Waals surface area contributed by atoms with Gasteiger partial charge in [0, 0.05) is 32.2 Å². The summed E-state index contributed by atoms with van der Waals surface area (Å²) < 4.78 is 30.2. The van der Waals surface area contributed by atoms with Gasteiger partial charge in [0.2, 0.25) is 5.91 Å². The summed E-state index contributed by atoms with van der Waals surface area (Å²) in [6.07, 6.45) is 6.13. The molecule has 0 spiro atoms. The summed E-state index contributed by atoms with van der Waals surface area (Å²) in [5.74, 6) is 3.02. The van der Waals surface area contributed by atoms with Crippen LogP contribution in [-0.2, 0) is 21.2 Å². The zero-order valence-corrected chi connectivity index (χ0v) is 23.3. The van der Waals surface area contributed by atoms with Crippen LogP contribution in [0.1, 0.15) is 41.9 Å². The Morgan fingerprint density at radius 3 is 2.62 bits per heavy atom. The number of fused-ring (bicyclic) bond motifs is 2. The van der Waals surface area contributed by atoms with Crippen LogP contribution < -0.4 is 15.0 Å². The van der Waals surface area contributed by atoms with Crippen LogP contribution >= 0.6 is 0 Å². The first-order valence-electron chi connectivity index (χ1n) is 13.8. The predicted molar refractivity (Wildman–Crippen MR) is 150 cm³/mol. The molecule has 1 amide bonds. The third-order valence-corrected chi connectivity index (χ3v) is 10.3. The van der Waals surface area contributed by atoms with Crippen molar-refractivity contribution in [3.8, 4) is 5.75 Å². The molecule has 0 saturated carbocycles.